The highest BCUT2D eigenvalue weighted by Gasteiger charge is 1.93. The lowest BCUT2D eigenvalue weighted by atomic mass is 10.1. The molecule has 1 nitrogen and oxygen atoms in total. The average molecular weight is 168 g/mol. The summed E-state index contributed by atoms with van der Waals surface area (Å²) in [4.78, 5) is 10.2. The van der Waals surface area contributed by atoms with Crippen LogP contribution in [0.3, 0.4) is 0 Å². The Morgan fingerprint density at radius 2 is 2.00 bits per heavy atom. The van der Waals surface area contributed by atoms with Gasteiger partial charge in [0.25, 0.3) is 0 Å². The zero-order chi connectivity index (χ0) is 9.23. The number of carbonyl (C=O) groups is 1. The van der Waals surface area contributed by atoms with Crippen molar-refractivity contribution in [3.05, 3.63) is 12.2 Å². The number of aldehydes is 1. The Kier molecular flexibility index (Phi) is 8.09. The summed E-state index contributed by atoms with van der Waals surface area (Å²) >= 11 is 0. The Morgan fingerprint density at radius 3 is 2.58 bits per heavy atom. The molecule has 0 aromatic carbocycles. The molecule has 0 spiro atoms. The first-order valence-corrected chi connectivity index (χ1v) is 4.91. The van der Waals surface area contributed by atoms with E-state index in [1.54, 1.807) is 0 Å². The van der Waals surface area contributed by atoms with E-state index in [-0.39, 0.29) is 5.92 Å². The van der Waals surface area contributed by atoms with E-state index in [4.69, 9.17) is 0 Å². The van der Waals surface area contributed by atoms with Crippen LogP contribution in [0.15, 0.2) is 12.2 Å². The van der Waals surface area contributed by atoms with E-state index in [0.29, 0.717) is 0 Å². The Bertz CT molecular complexity index is 127. The Balaban J connectivity index is 3.19. The van der Waals surface area contributed by atoms with Crippen LogP contribution in [0.5, 0.6) is 0 Å². The molecule has 0 amide bonds. The van der Waals surface area contributed by atoms with Gasteiger partial charge in [-0.1, -0.05) is 38.8 Å². The van der Waals surface area contributed by atoms with E-state index in [1.807, 2.05) is 6.92 Å². The molecule has 0 aromatic heterocycles. The third kappa shape index (κ3) is 7.52. The van der Waals surface area contributed by atoms with Crippen LogP contribution in [-0.4, -0.2) is 6.29 Å². The standard InChI is InChI=1S/C11H20O/c1-3-4-5-6-7-8-9-11(2)10-12/h7-8,10-11H,3-6,9H2,1-2H3/b8-7+. The van der Waals surface area contributed by atoms with E-state index in [1.165, 1.54) is 25.7 Å². The van der Waals surface area contributed by atoms with Gasteiger partial charge in [0.15, 0.2) is 0 Å². The second kappa shape index (κ2) is 8.51. The SMILES string of the molecule is CCCCC/C=C/CC(C)C=O. The molecule has 12 heavy (non-hydrogen) atoms. The van der Waals surface area contributed by atoms with Gasteiger partial charge in [-0.15, -0.1) is 0 Å². The van der Waals surface area contributed by atoms with Gasteiger partial charge in [-0.3, -0.25) is 0 Å². The van der Waals surface area contributed by atoms with Gasteiger partial charge in [-0.25, -0.2) is 0 Å². The maximum atomic E-state index is 10.2. The summed E-state index contributed by atoms with van der Waals surface area (Å²) < 4.78 is 0. The van der Waals surface area contributed by atoms with Crippen molar-refractivity contribution < 1.29 is 4.79 Å². The monoisotopic (exact) mass is 168 g/mol. The first-order chi connectivity index (χ1) is 5.81. The summed E-state index contributed by atoms with van der Waals surface area (Å²) in [6, 6.07) is 0. The molecule has 1 heteroatoms. The zero-order valence-corrected chi connectivity index (χ0v) is 8.25. The molecule has 0 radical (unpaired) electrons. The van der Waals surface area contributed by atoms with Gasteiger partial charge < -0.3 is 4.79 Å². The van der Waals surface area contributed by atoms with Crippen LogP contribution < -0.4 is 0 Å². The molecule has 0 saturated carbocycles. The van der Waals surface area contributed by atoms with Gasteiger partial charge in [0.2, 0.25) is 0 Å². The molecule has 0 fully saturated rings. The van der Waals surface area contributed by atoms with Crippen molar-refractivity contribution >= 4 is 6.29 Å². The molecule has 0 rings (SSSR count). The summed E-state index contributed by atoms with van der Waals surface area (Å²) in [6.45, 7) is 4.15. The van der Waals surface area contributed by atoms with E-state index >= 15 is 0 Å². The summed E-state index contributed by atoms with van der Waals surface area (Å²) in [5.74, 6) is 0.187. The Hall–Kier alpha value is -0.590. The lowest BCUT2D eigenvalue weighted by Crippen LogP contribution is -1.91. The second-order valence-electron chi connectivity index (χ2n) is 3.32. The van der Waals surface area contributed by atoms with Crippen molar-refractivity contribution in [1.82, 2.24) is 0 Å². The number of allylic oxidation sites excluding steroid dienone is 2. The number of rotatable bonds is 7. The molecule has 0 aromatic rings. The maximum absolute atomic E-state index is 10.2. The summed E-state index contributed by atoms with van der Waals surface area (Å²) in [7, 11) is 0. The Morgan fingerprint density at radius 1 is 1.25 bits per heavy atom. The average Bonchev–Trinajstić information content (AvgIpc) is 2.10. The molecule has 0 bridgehead atoms. The smallest absolute Gasteiger partial charge is 0.123 e. The van der Waals surface area contributed by atoms with E-state index in [2.05, 4.69) is 19.1 Å². The minimum atomic E-state index is 0.187. The van der Waals surface area contributed by atoms with Gasteiger partial charge in [0.1, 0.15) is 6.29 Å². The van der Waals surface area contributed by atoms with E-state index in [9.17, 15) is 4.79 Å². The van der Waals surface area contributed by atoms with Crippen molar-refractivity contribution in [2.75, 3.05) is 0 Å². The predicted molar refractivity (Wildman–Crippen MR) is 53.1 cm³/mol. The number of unbranched alkanes of at least 4 members (excludes halogenated alkanes) is 3. The van der Waals surface area contributed by atoms with Crippen LogP contribution in [0.25, 0.3) is 0 Å². The van der Waals surface area contributed by atoms with Crippen LogP contribution in [0.1, 0.15) is 46.0 Å². The minimum absolute atomic E-state index is 0.187. The molecular weight excluding hydrogens is 148 g/mol. The van der Waals surface area contributed by atoms with Gasteiger partial charge >= 0.3 is 0 Å². The number of hydrogen-bond donors (Lipinski definition) is 0. The van der Waals surface area contributed by atoms with Crippen molar-refractivity contribution in [3.8, 4) is 0 Å². The number of hydrogen-bond acceptors (Lipinski definition) is 1. The van der Waals surface area contributed by atoms with Gasteiger partial charge in [-0.05, 0) is 19.3 Å². The van der Waals surface area contributed by atoms with Crippen LogP contribution in [0.2, 0.25) is 0 Å². The molecule has 70 valence electrons. The normalized spacial score (nSPS) is 13.5. The fourth-order valence-corrected chi connectivity index (χ4v) is 0.996. The van der Waals surface area contributed by atoms with E-state index in [0.717, 1.165) is 12.7 Å². The predicted octanol–water partition coefficient (Wildman–Crippen LogP) is 3.35. The van der Waals surface area contributed by atoms with Crippen molar-refractivity contribution in [2.45, 2.75) is 46.0 Å². The highest BCUT2D eigenvalue weighted by atomic mass is 16.1. The van der Waals surface area contributed by atoms with Gasteiger partial charge in [-0.2, -0.15) is 0 Å². The molecule has 0 aliphatic heterocycles. The largest absolute Gasteiger partial charge is 0.303 e. The molecule has 0 aliphatic rings. The number of carbonyl (C=O) groups excluding carboxylic acids is 1. The summed E-state index contributed by atoms with van der Waals surface area (Å²) in [5.41, 5.74) is 0. The van der Waals surface area contributed by atoms with Crippen molar-refractivity contribution in [1.29, 1.82) is 0 Å². The third-order valence-corrected chi connectivity index (χ3v) is 1.88. The quantitative estimate of drug-likeness (QED) is 0.324. The molecular formula is C11H20O. The Labute approximate surface area is 75.9 Å². The van der Waals surface area contributed by atoms with Crippen molar-refractivity contribution in [2.24, 2.45) is 5.92 Å². The first-order valence-electron chi connectivity index (χ1n) is 4.91. The molecule has 0 aliphatic carbocycles. The summed E-state index contributed by atoms with van der Waals surface area (Å²) in [6.07, 6.45) is 11.3. The lowest BCUT2D eigenvalue weighted by Gasteiger charge is -1.95. The first kappa shape index (κ1) is 11.4. The van der Waals surface area contributed by atoms with Crippen LogP contribution >= 0.6 is 0 Å². The minimum Gasteiger partial charge on any atom is -0.303 e. The van der Waals surface area contributed by atoms with Crippen LogP contribution in [0, 0.1) is 5.92 Å². The maximum Gasteiger partial charge on any atom is 0.123 e. The molecule has 0 saturated heterocycles. The fourth-order valence-electron chi connectivity index (χ4n) is 0.996. The molecule has 1 unspecified atom stereocenters. The zero-order valence-electron chi connectivity index (χ0n) is 8.25. The van der Waals surface area contributed by atoms with Crippen LogP contribution in [-0.2, 0) is 4.79 Å². The molecule has 0 heterocycles. The van der Waals surface area contributed by atoms with Gasteiger partial charge in [0.05, 0.1) is 0 Å². The summed E-state index contributed by atoms with van der Waals surface area (Å²) in [5, 5.41) is 0. The van der Waals surface area contributed by atoms with Crippen LogP contribution in [0.4, 0.5) is 0 Å². The highest BCUT2D eigenvalue weighted by Crippen LogP contribution is 2.02. The van der Waals surface area contributed by atoms with Gasteiger partial charge in [0, 0.05) is 5.92 Å². The molecule has 0 N–H and O–H groups in total. The topological polar surface area (TPSA) is 17.1 Å². The lowest BCUT2D eigenvalue weighted by molar-refractivity contribution is -0.110. The molecule has 1 atom stereocenters. The second-order valence-corrected chi connectivity index (χ2v) is 3.32. The third-order valence-electron chi connectivity index (χ3n) is 1.88. The fraction of sp³-hybridized carbons (Fsp3) is 0.727. The van der Waals surface area contributed by atoms with E-state index < -0.39 is 0 Å². The van der Waals surface area contributed by atoms with Crippen molar-refractivity contribution in [3.63, 3.8) is 0 Å². The highest BCUT2D eigenvalue weighted by molar-refractivity contribution is 5.52.